The Morgan fingerprint density at radius 1 is 0.903 bits per heavy atom. The van der Waals surface area contributed by atoms with E-state index in [0.29, 0.717) is 0 Å². The van der Waals surface area contributed by atoms with Crippen molar-refractivity contribution in [1.82, 2.24) is 5.32 Å². The number of ether oxygens (including phenoxy) is 2. The lowest BCUT2D eigenvalue weighted by Crippen LogP contribution is -2.30. The third kappa shape index (κ3) is 7.61. The van der Waals surface area contributed by atoms with Crippen molar-refractivity contribution in [2.75, 3.05) is 13.2 Å². The van der Waals surface area contributed by atoms with E-state index in [1.807, 2.05) is 67.6 Å². The summed E-state index contributed by atoms with van der Waals surface area (Å²) in [7, 11) is 0. The molecule has 0 bridgehead atoms. The standard InChI is InChI=1S/C24H27NO5S/c1-4-29-23(27)20(24(28)30-5-2)16-21(31-19-14-10-7-11-15-19)22(26)25-17(3)18-12-8-6-9-13-18/h6-17,20H,4-5H2,1-3H3,(H,25,26)/b21-16-/t17-/m0/s1. The van der Waals surface area contributed by atoms with Gasteiger partial charge in [0.25, 0.3) is 5.91 Å². The van der Waals surface area contributed by atoms with Crippen molar-refractivity contribution in [2.45, 2.75) is 31.7 Å². The molecule has 2 rings (SSSR count). The zero-order chi connectivity index (χ0) is 22.6. The van der Waals surface area contributed by atoms with Gasteiger partial charge in [-0.3, -0.25) is 14.4 Å². The fourth-order valence-electron chi connectivity index (χ4n) is 2.71. The van der Waals surface area contributed by atoms with Crippen LogP contribution in [0.2, 0.25) is 0 Å². The Morgan fingerprint density at radius 2 is 1.42 bits per heavy atom. The smallest absolute Gasteiger partial charge is 0.324 e. The van der Waals surface area contributed by atoms with E-state index in [0.717, 1.165) is 10.5 Å². The normalized spacial score (nSPS) is 12.2. The lowest BCUT2D eigenvalue weighted by Gasteiger charge is -2.17. The monoisotopic (exact) mass is 441 g/mol. The summed E-state index contributed by atoms with van der Waals surface area (Å²) in [6.45, 7) is 5.39. The van der Waals surface area contributed by atoms with Crippen LogP contribution in [0.25, 0.3) is 0 Å². The van der Waals surface area contributed by atoms with Gasteiger partial charge in [-0.15, -0.1) is 0 Å². The molecule has 31 heavy (non-hydrogen) atoms. The average Bonchev–Trinajstić information content (AvgIpc) is 2.78. The van der Waals surface area contributed by atoms with Gasteiger partial charge in [-0.1, -0.05) is 60.3 Å². The van der Waals surface area contributed by atoms with Crippen LogP contribution in [-0.4, -0.2) is 31.1 Å². The van der Waals surface area contributed by atoms with Gasteiger partial charge in [-0.2, -0.15) is 0 Å². The summed E-state index contributed by atoms with van der Waals surface area (Å²) in [6, 6.07) is 18.5. The van der Waals surface area contributed by atoms with Crippen LogP contribution in [0.5, 0.6) is 0 Å². The molecule has 2 aromatic carbocycles. The predicted octanol–water partition coefficient (Wildman–Crippen LogP) is 4.28. The molecule has 164 valence electrons. The van der Waals surface area contributed by atoms with Crippen LogP contribution < -0.4 is 5.32 Å². The van der Waals surface area contributed by atoms with Crippen LogP contribution in [-0.2, 0) is 23.9 Å². The van der Waals surface area contributed by atoms with Crippen molar-refractivity contribution in [3.05, 3.63) is 77.2 Å². The number of esters is 2. The summed E-state index contributed by atoms with van der Waals surface area (Å²) in [5.41, 5.74) is 0.937. The zero-order valence-corrected chi connectivity index (χ0v) is 18.7. The maximum atomic E-state index is 13.1. The highest BCUT2D eigenvalue weighted by molar-refractivity contribution is 8.04. The highest BCUT2D eigenvalue weighted by Gasteiger charge is 2.30. The summed E-state index contributed by atoms with van der Waals surface area (Å²) < 4.78 is 10.1. The van der Waals surface area contributed by atoms with Crippen molar-refractivity contribution in [3.8, 4) is 0 Å². The van der Waals surface area contributed by atoms with E-state index in [9.17, 15) is 14.4 Å². The van der Waals surface area contributed by atoms with Crippen molar-refractivity contribution in [1.29, 1.82) is 0 Å². The fourth-order valence-corrected chi connectivity index (χ4v) is 3.62. The molecule has 1 atom stereocenters. The highest BCUT2D eigenvalue weighted by atomic mass is 32.2. The van der Waals surface area contributed by atoms with Gasteiger partial charge in [0, 0.05) is 4.90 Å². The van der Waals surface area contributed by atoms with Crippen molar-refractivity contribution in [2.24, 2.45) is 5.92 Å². The maximum Gasteiger partial charge on any atom is 0.324 e. The van der Waals surface area contributed by atoms with Crippen LogP contribution >= 0.6 is 11.8 Å². The first kappa shape index (κ1) is 24.2. The van der Waals surface area contributed by atoms with E-state index < -0.39 is 23.8 Å². The van der Waals surface area contributed by atoms with Crippen LogP contribution in [0.15, 0.2) is 76.5 Å². The summed E-state index contributed by atoms with van der Waals surface area (Å²) >= 11 is 1.17. The first-order chi connectivity index (χ1) is 15.0. The molecule has 6 nitrogen and oxygen atoms in total. The number of benzene rings is 2. The topological polar surface area (TPSA) is 81.7 Å². The minimum absolute atomic E-state index is 0.112. The van der Waals surface area contributed by atoms with E-state index in [4.69, 9.17) is 9.47 Å². The van der Waals surface area contributed by atoms with Crippen LogP contribution in [0.3, 0.4) is 0 Å². The second-order valence-electron chi connectivity index (χ2n) is 6.53. The average molecular weight is 442 g/mol. The Labute approximate surface area is 187 Å². The number of carbonyl (C=O) groups is 3. The Kier molecular flexibility index (Phi) is 9.84. The zero-order valence-electron chi connectivity index (χ0n) is 17.9. The molecule has 0 radical (unpaired) electrons. The lowest BCUT2D eigenvalue weighted by molar-refractivity contribution is -0.158. The molecular formula is C24H27NO5S. The molecule has 0 saturated carbocycles. The molecular weight excluding hydrogens is 414 g/mol. The summed E-state index contributed by atoms with van der Waals surface area (Å²) in [4.78, 5) is 38.9. The molecule has 7 heteroatoms. The molecule has 2 aromatic rings. The first-order valence-electron chi connectivity index (χ1n) is 10.1. The number of carbonyl (C=O) groups excluding carboxylic acids is 3. The molecule has 0 aromatic heterocycles. The van der Waals surface area contributed by atoms with Gasteiger partial charge < -0.3 is 14.8 Å². The van der Waals surface area contributed by atoms with E-state index >= 15 is 0 Å². The molecule has 0 aliphatic rings. The van der Waals surface area contributed by atoms with Crippen LogP contribution in [0.4, 0.5) is 0 Å². The number of thioether (sulfide) groups is 1. The SMILES string of the molecule is CCOC(=O)C(/C=C(\Sc1ccccc1)C(=O)N[C@@H](C)c1ccccc1)C(=O)OCC. The Morgan fingerprint density at radius 3 is 1.94 bits per heavy atom. The summed E-state index contributed by atoms with van der Waals surface area (Å²) in [5, 5.41) is 2.93. The summed E-state index contributed by atoms with van der Waals surface area (Å²) in [5.74, 6) is -3.24. The van der Waals surface area contributed by atoms with E-state index in [1.54, 1.807) is 13.8 Å². The molecule has 0 saturated heterocycles. The van der Waals surface area contributed by atoms with Gasteiger partial charge in [0.15, 0.2) is 5.92 Å². The molecule has 0 unspecified atom stereocenters. The van der Waals surface area contributed by atoms with E-state index in [1.165, 1.54) is 17.8 Å². The molecule has 0 heterocycles. The Bertz CT molecular complexity index is 881. The third-order valence-electron chi connectivity index (χ3n) is 4.24. The number of amides is 1. The first-order valence-corrected chi connectivity index (χ1v) is 10.9. The quantitative estimate of drug-likeness (QED) is 0.256. The number of hydrogen-bond donors (Lipinski definition) is 1. The molecule has 0 spiro atoms. The van der Waals surface area contributed by atoms with Gasteiger partial charge >= 0.3 is 11.9 Å². The third-order valence-corrected chi connectivity index (χ3v) is 5.29. The van der Waals surface area contributed by atoms with Gasteiger partial charge in [-0.25, -0.2) is 0 Å². The second-order valence-corrected chi connectivity index (χ2v) is 7.65. The van der Waals surface area contributed by atoms with E-state index in [2.05, 4.69) is 5.32 Å². The maximum absolute atomic E-state index is 13.1. The number of nitrogens with one attached hydrogen (secondary N) is 1. The van der Waals surface area contributed by atoms with Crippen molar-refractivity contribution >= 4 is 29.6 Å². The molecule has 0 aliphatic heterocycles. The number of rotatable bonds is 10. The lowest BCUT2D eigenvalue weighted by atomic mass is 10.1. The molecule has 0 aliphatic carbocycles. The van der Waals surface area contributed by atoms with Crippen LogP contribution in [0, 0.1) is 5.92 Å². The fraction of sp³-hybridized carbons (Fsp3) is 0.292. The molecule has 1 amide bonds. The minimum atomic E-state index is -1.33. The molecule has 0 fully saturated rings. The largest absolute Gasteiger partial charge is 0.465 e. The minimum Gasteiger partial charge on any atom is -0.465 e. The Balaban J connectivity index is 2.35. The number of hydrogen-bond acceptors (Lipinski definition) is 6. The van der Waals surface area contributed by atoms with Crippen molar-refractivity contribution in [3.63, 3.8) is 0 Å². The predicted molar refractivity (Wildman–Crippen MR) is 120 cm³/mol. The Hall–Kier alpha value is -3.06. The van der Waals surface area contributed by atoms with Gasteiger partial charge in [-0.05, 0) is 44.5 Å². The van der Waals surface area contributed by atoms with E-state index in [-0.39, 0.29) is 24.2 Å². The van der Waals surface area contributed by atoms with Crippen molar-refractivity contribution < 1.29 is 23.9 Å². The molecule has 1 N–H and O–H groups in total. The van der Waals surface area contributed by atoms with Gasteiger partial charge in [0.1, 0.15) is 0 Å². The highest BCUT2D eigenvalue weighted by Crippen LogP contribution is 2.29. The van der Waals surface area contributed by atoms with Gasteiger partial charge in [0.05, 0.1) is 24.2 Å². The van der Waals surface area contributed by atoms with Gasteiger partial charge in [0.2, 0.25) is 0 Å². The second kappa shape index (κ2) is 12.6. The summed E-state index contributed by atoms with van der Waals surface area (Å²) in [6.07, 6.45) is 1.32. The van der Waals surface area contributed by atoms with Crippen LogP contribution in [0.1, 0.15) is 32.4 Å².